The summed E-state index contributed by atoms with van der Waals surface area (Å²) in [5.74, 6) is 2.43. The second kappa shape index (κ2) is 9.75. The van der Waals surface area contributed by atoms with E-state index in [0.29, 0.717) is 11.5 Å². The van der Waals surface area contributed by atoms with Gasteiger partial charge in [-0.1, -0.05) is 53.6 Å². The number of rotatable bonds is 4. The molecule has 0 radical (unpaired) electrons. The van der Waals surface area contributed by atoms with Gasteiger partial charge in [-0.2, -0.15) is 0 Å². The molecule has 2 unspecified atom stereocenters. The number of hydrogen-bond acceptors (Lipinski definition) is 0. The minimum absolute atomic E-state index is 0.000571. The molecule has 2 saturated carbocycles. The highest BCUT2D eigenvalue weighted by atomic mass is 31.0. The monoisotopic (exact) mass is 446 g/mol. The zero-order valence-corrected chi connectivity index (χ0v) is 20.3. The highest BCUT2D eigenvalue weighted by molar-refractivity contribution is 7.28. The smallest absolute Gasteiger partial charge is 0.133 e. The van der Waals surface area contributed by atoms with E-state index < -0.39 is 11.6 Å². The van der Waals surface area contributed by atoms with Crippen molar-refractivity contribution in [1.29, 1.82) is 0 Å². The number of halogens is 2. The summed E-state index contributed by atoms with van der Waals surface area (Å²) in [6.07, 6.45) is 12.4. The van der Waals surface area contributed by atoms with Crippen LogP contribution in [0.15, 0.2) is 30.3 Å². The lowest BCUT2D eigenvalue weighted by atomic mass is 9.68. The Kier molecular flexibility index (Phi) is 7.27. The number of benzene rings is 2. The van der Waals surface area contributed by atoms with Crippen molar-refractivity contribution >= 4 is 29.1 Å². The highest BCUT2D eigenvalue weighted by Crippen LogP contribution is 2.44. The minimum Gasteiger partial charge on any atom is -0.206 e. The molecule has 4 heteroatoms. The van der Waals surface area contributed by atoms with Gasteiger partial charge in [0.15, 0.2) is 0 Å². The Labute approximate surface area is 185 Å². The maximum Gasteiger partial charge on any atom is 0.133 e. The molecule has 0 heterocycles. The Morgan fingerprint density at radius 2 is 1.37 bits per heavy atom. The van der Waals surface area contributed by atoms with Gasteiger partial charge in [-0.3, -0.25) is 0 Å². The summed E-state index contributed by atoms with van der Waals surface area (Å²) in [7, 11) is 4.90. The van der Waals surface area contributed by atoms with Gasteiger partial charge in [0.05, 0.1) is 0 Å². The molecule has 0 nitrogen and oxygen atoms in total. The van der Waals surface area contributed by atoms with Gasteiger partial charge in [-0.25, -0.2) is 8.78 Å². The molecule has 2 atom stereocenters. The Bertz CT molecular complexity index is 856. The average Bonchev–Trinajstić information content (AvgIpc) is 2.77. The van der Waals surface area contributed by atoms with Crippen molar-refractivity contribution in [2.24, 2.45) is 17.8 Å². The van der Waals surface area contributed by atoms with Crippen molar-refractivity contribution in [2.75, 3.05) is 0 Å². The summed E-state index contributed by atoms with van der Waals surface area (Å²) in [4.78, 5) is 0. The molecule has 0 bridgehead atoms. The SMILES string of the molecule is CCC1CCC(C2CCC(c3ccc(-c4cc(F)c(P)c(F)c4)c(P)c3)CC2)CC1. The minimum atomic E-state index is -0.519. The van der Waals surface area contributed by atoms with Crippen LogP contribution in [0.5, 0.6) is 0 Å². The van der Waals surface area contributed by atoms with Crippen molar-refractivity contribution in [1.82, 2.24) is 0 Å². The first kappa shape index (κ1) is 22.4. The van der Waals surface area contributed by atoms with E-state index >= 15 is 0 Å². The molecule has 30 heavy (non-hydrogen) atoms. The molecule has 2 aliphatic carbocycles. The summed E-state index contributed by atoms with van der Waals surface area (Å²) in [6.45, 7) is 2.34. The van der Waals surface area contributed by atoms with Gasteiger partial charge in [0.1, 0.15) is 11.6 Å². The molecule has 2 aromatic rings. The second-order valence-electron chi connectivity index (χ2n) is 9.50. The predicted octanol–water partition coefficient (Wildman–Crippen LogP) is 7.12. The van der Waals surface area contributed by atoms with Crippen molar-refractivity contribution < 1.29 is 8.78 Å². The van der Waals surface area contributed by atoms with Crippen molar-refractivity contribution in [3.05, 3.63) is 47.5 Å². The van der Waals surface area contributed by atoms with Crippen molar-refractivity contribution in [3.8, 4) is 11.1 Å². The summed E-state index contributed by atoms with van der Waals surface area (Å²) < 4.78 is 28.0. The van der Waals surface area contributed by atoms with Crippen molar-refractivity contribution in [3.63, 3.8) is 0 Å². The molecule has 162 valence electrons. The van der Waals surface area contributed by atoms with E-state index in [-0.39, 0.29) is 5.30 Å². The van der Waals surface area contributed by atoms with Crippen LogP contribution in [-0.2, 0) is 0 Å². The molecule has 0 aliphatic heterocycles. The summed E-state index contributed by atoms with van der Waals surface area (Å²) >= 11 is 0. The van der Waals surface area contributed by atoms with Gasteiger partial charge < -0.3 is 0 Å². The van der Waals surface area contributed by atoms with Gasteiger partial charge in [-0.15, -0.1) is 9.24 Å². The molecule has 2 fully saturated rings. The summed E-state index contributed by atoms with van der Waals surface area (Å²) in [5.41, 5.74) is 2.85. The molecule has 0 aromatic heterocycles. The highest BCUT2D eigenvalue weighted by Gasteiger charge is 2.31. The zero-order chi connectivity index (χ0) is 21.3. The lowest BCUT2D eigenvalue weighted by Crippen LogP contribution is -2.25. The molecule has 0 saturated heterocycles. The largest absolute Gasteiger partial charge is 0.206 e. The third-order valence-corrected chi connectivity index (χ3v) is 8.87. The normalized spacial score (nSPS) is 27.2. The summed E-state index contributed by atoms with van der Waals surface area (Å²) in [6, 6.07) is 9.26. The van der Waals surface area contributed by atoms with Crippen LogP contribution in [0.4, 0.5) is 8.78 Å². The molecule has 0 N–H and O–H groups in total. The van der Waals surface area contributed by atoms with Crippen molar-refractivity contribution in [2.45, 2.75) is 70.6 Å². The second-order valence-corrected chi connectivity index (χ2v) is 10.7. The first-order chi connectivity index (χ1) is 14.5. The fourth-order valence-corrected chi connectivity index (χ4v) is 6.45. The zero-order valence-electron chi connectivity index (χ0n) is 18.0. The molecule has 0 spiro atoms. The number of hydrogen-bond donors (Lipinski definition) is 0. The third-order valence-electron chi connectivity index (χ3n) is 7.84. The van der Waals surface area contributed by atoms with Crippen LogP contribution >= 0.6 is 18.5 Å². The third kappa shape index (κ3) is 4.81. The van der Waals surface area contributed by atoms with Crippen LogP contribution in [-0.4, -0.2) is 0 Å². The summed E-state index contributed by atoms with van der Waals surface area (Å²) in [5, 5.41) is 1.02. The average molecular weight is 447 g/mol. The molecule has 2 aliphatic rings. The fraction of sp³-hybridized carbons (Fsp3) is 0.538. The van der Waals surface area contributed by atoms with E-state index in [2.05, 4.69) is 37.5 Å². The van der Waals surface area contributed by atoms with Crippen LogP contribution in [0.3, 0.4) is 0 Å². The van der Waals surface area contributed by atoms with Crippen LogP contribution in [0.1, 0.15) is 76.2 Å². The van der Waals surface area contributed by atoms with E-state index in [0.717, 1.165) is 28.6 Å². The maximum absolute atomic E-state index is 14.0. The Morgan fingerprint density at radius 3 is 1.90 bits per heavy atom. The Balaban J connectivity index is 1.41. The van der Waals surface area contributed by atoms with Crippen LogP contribution in [0.25, 0.3) is 11.1 Å². The predicted molar refractivity (Wildman–Crippen MR) is 131 cm³/mol. The van der Waals surface area contributed by atoms with Gasteiger partial charge >= 0.3 is 0 Å². The van der Waals surface area contributed by atoms with Crippen LogP contribution in [0, 0.1) is 29.4 Å². The van der Waals surface area contributed by atoms with Gasteiger partial charge in [-0.05, 0) is 96.3 Å². The van der Waals surface area contributed by atoms with Gasteiger partial charge in [0, 0.05) is 5.30 Å². The topological polar surface area (TPSA) is 0 Å². The van der Waals surface area contributed by atoms with E-state index in [1.54, 1.807) is 0 Å². The lowest BCUT2D eigenvalue weighted by molar-refractivity contribution is 0.158. The van der Waals surface area contributed by atoms with E-state index in [4.69, 9.17) is 0 Å². The fourth-order valence-electron chi connectivity index (χ4n) is 5.83. The first-order valence-corrected chi connectivity index (χ1v) is 12.8. The molecule has 4 rings (SSSR count). The standard InChI is InChI=1S/C26H34F2P2/c1-2-16-3-5-17(6-4-16)18-7-9-19(10-8-18)20-11-12-22(25(29)15-20)21-13-23(27)26(30)24(28)14-21/h11-19H,2-10,29-30H2,1H3. The quantitative estimate of drug-likeness (QED) is 0.439. The lowest BCUT2D eigenvalue weighted by Gasteiger charge is -2.38. The molecule has 0 amide bonds. The Morgan fingerprint density at radius 1 is 0.800 bits per heavy atom. The van der Waals surface area contributed by atoms with E-state index in [1.165, 1.54) is 75.5 Å². The molecular weight excluding hydrogens is 412 g/mol. The van der Waals surface area contributed by atoms with Crippen LogP contribution in [0.2, 0.25) is 0 Å². The molecule has 2 aromatic carbocycles. The van der Waals surface area contributed by atoms with Gasteiger partial charge in [0.2, 0.25) is 0 Å². The van der Waals surface area contributed by atoms with Gasteiger partial charge in [0.25, 0.3) is 0 Å². The maximum atomic E-state index is 14.0. The van der Waals surface area contributed by atoms with E-state index in [9.17, 15) is 8.78 Å². The van der Waals surface area contributed by atoms with E-state index in [1.807, 2.05) is 6.07 Å². The molecular formula is C26H34F2P2. The van der Waals surface area contributed by atoms with Crippen LogP contribution < -0.4 is 10.6 Å². The first-order valence-electron chi connectivity index (χ1n) is 11.6. The Hall–Kier alpha value is -0.840.